The van der Waals surface area contributed by atoms with Crippen molar-refractivity contribution in [2.24, 2.45) is 0 Å². The molecule has 0 bridgehead atoms. The molecule has 1 aliphatic rings. The average molecular weight is 452 g/mol. The Kier molecular flexibility index (Phi) is 10.4. The Hall–Kier alpha value is 0.140. The first-order valence-electron chi connectivity index (χ1n) is 8.02. The van der Waals surface area contributed by atoms with Crippen molar-refractivity contribution in [2.75, 3.05) is 13.2 Å². The summed E-state index contributed by atoms with van der Waals surface area (Å²) in [6, 6.07) is -0.0366. The summed E-state index contributed by atoms with van der Waals surface area (Å²) in [5.74, 6) is 0. The monoisotopic (exact) mass is 452 g/mol. The van der Waals surface area contributed by atoms with Gasteiger partial charge in [0, 0.05) is 59.1 Å². The van der Waals surface area contributed by atoms with Gasteiger partial charge in [-0.1, -0.05) is 6.92 Å². The van der Waals surface area contributed by atoms with Crippen LogP contribution in [0.5, 0.6) is 6.01 Å². The van der Waals surface area contributed by atoms with Crippen LogP contribution >= 0.6 is 7.82 Å². The van der Waals surface area contributed by atoms with E-state index in [1.54, 1.807) is 0 Å². The second-order valence-corrected chi connectivity index (χ2v) is 7.12. The Labute approximate surface area is 208 Å². The normalized spacial score (nSPS) is 24.2. The van der Waals surface area contributed by atoms with Gasteiger partial charge in [-0.3, -0.25) is 18.9 Å². The average Bonchev–Trinajstić information content (AvgIpc) is 3.13. The second kappa shape index (κ2) is 11.1. The molecule has 4 atom stereocenters. The van der Waals surface area contributed by atoms with E-state index in [9.17, 15) is 19.6 Å². The molecule has 29 heavy (non-hydrogen) atoms. The van der Waals surface area contributed by atoms with Gasteiger partial charge in [-0.15, -0.1) is 0 Å². The van der Waals surface area contributed by atoms with Crippen LogP contribution in [0.1, 0.15) is 19.6 Å². The number of phosphoric acid groups is 1. The van der Waals surface area contributed by atoms with Crippen LogP contribution < -0.4 is 10.3 Å². The van der Waals surface area contributed by atoms with Crippen molar-refractivity contribution in [3.8, 4) is 6.01 Å². The number of aliphatic hydroxyl groups is 2. The molecule has 16 heteroatoms. The molecule has 1 aliphatic heterocycles. The summed E-state index contributed by atoms with van der Waals surface area (Å²) in [7, 11) is -4.77. The number of aromatic nitrogens is 4. The van der Waals surface area contributed by atoms with Gasteiger partial charge in [0.2, 0.25) is 0 Å². The summed E-state index contributed by atoms with van der Waals surface area (Å²) in [6.45, 7) is 1.56. The van der Waals surface area contributed by atoms with Gasteiger partial charge >= 0.3 is 7.82 Å². The predicted molar refractivity (Wildman–Crippen MR) is 99.4 cm³/mol. The zero-order valence-electron chi connectivity index (χ0n) is 16.1. The number of nitrogens with zero attached hydrogens (tertiary/aromatic N) is 3. The standard InChI is InChI=1S/C13H19N4O9P.2Na/c1-2-3-24-13-15-10-7(11(20)16-13)14-5-17(10)12-9(19)8(18)6(26-12)4-25-27(21,22)23;;/h5-6,8-9,12,18-19H,2-4H2,1H3,(H,15,16,20)(H2,21,22,23);;/t6-,8-,9-,12-;;/m1../s1. The largest absolute Gasteiger partial charge is 0.469 e. The molecular formula is C13H19N4Na2O9P. The number of H-pyrrole nitrogens is 1. The Morgan fingerprint density at radius 3 is 2.62 bits per heavy atom. The number of hydrogen-bond donors (Lipinski definition) is 5. The second-order valence-electron chi connectivity index (χ2n) is 5.88. The molecule has 0 amide bonds. The van der Waals surface area contributed by atoms with Crippen LogP contribution in [0.4, 0.5) is 0 Å². The predicted octanol–water partition coefficient (Wildman–Crippen LogP) is -2.12. The molecule has 13 nitrogen and oxygen atoms in total. The topological polar surface area (TPSA) is 189 Å². The van der Waals surface area contributed by atoms with Gasteiger partial charge < -0.3 is 29.5 Å². The van der Waals surface area contributed by atoms with Gasteiger partial charge in [-0.25, -0.2) is 9.55 Å². The van der Waals surface area contributed by atoms with Gasteiger partial charge in [0.05, 0.1) is 19.5 Å². The Balaban J connectivity index is 0.00000210. The van der Waals surface area contributed by atoms with Crippen LogP contribution in [0.15, 0.2) is 11.1 Å². The quantitative estimate of drug-likeness (QED) is 0.228. The maximum Gasteiger partial charge on any atom is 0.469 e. The number of ether oxygens (including phenoxy) is 2. The molecule has 1 saturated heterocycles. The molecule has 0 aromatic carbocycles. The zero-order chi connectivity index (χ0) is 19.8. The zero-order valence-corrected chi connectivity index (χ0v) is 21.0. The molecular weight excluding hydrogens is 433 g/mol. The summed E-state index contributed by atoms with van der Waals surface area (Å²) in [6.07, 6.45) is -3.50. The molecule has 3 rings (SSSR count). The summed E-state index contributed by atoms with van der Waals surface area (Å²) in [4.78, 5) is 40.1. The number of rotatable bonds is 7. The number of hydrogen-bond acceptors (Lipinski definition) is 9. The third-order valence-electron chi connectivity index (χ3n) is 3.87. The minimum absolute atomic E-state index is 0. The summed E-state index contributed by atoms with van der Waals surface area (Å²) in [5, 5.41) is 20.3. The molecule has 2 radical (unpaired) electrons. The Bertz CT molecular complexity index is 919. The molecule has 0 saturated carbocycles. The SMILES string of the molecule is CCCOc1nc2c(ncn2[C@@H]2O[C@H](COP(=O)(O)O)[C@@H](O)[C@H]2O)c(=O)[nH]1.[Na].[Na]. The van der Waals surface area contributed by atoms with E-state index in [4.69, 9.17) is 19.3 Å². The molecule has 152 valence electrons. The van der Waals surface area contributed by atoms with E-state index in [2.05, 4.69) is 19.5 Å². The van der Waals surface area contributed by atoms with Crippen molar-refractivity contribution in [1.82, 2.24) is 19.5 Å². The minimum atomic E-state index is -4.77. The van der Waals surface area contributed by atoms with Gasteiger partial charge in [0.25, 0.3) is 11.6 Å². The van der Waals surface area contributed by atoms with E-state index >= 15 is 0 Å². The third-order valence-corrected chi connectivity index (χ3v) is 4.36. The van der Waals surface area contributed by atoms with Crippen LogP contribution in [0, 0.1) is 0 Å². The summed E-state index contributed by atoms with van der Waals surface area (Å²) < 4.78 is 27.1. The van der Waals surface area contributed by atoms with Crippen LogP contribution in [0.25, 0.3) is 11.2 Å². The van der Waals surface area contributed by atoms with E-state index in [1.165, 1.54) is 10.9 Å². The Morgan fingerprint density at radius 2 is 2.00 bits per heavy atom. The summed E-state index contributed by atoms with van der Waals surface area (Å²) >= 11 is 0. The molecule has 2 aromatic heterocycles. The van der Waals surface area contributed by atoms with E-state index < -0.39 is 44.5 Å². The number of nitrogens with one attached hydrogen (secondary N) is 1. The molecule has 2 aromatic rings. The van der Waals surface area contributed by atoms with Crippen molar-refractivity contribution in [2.45, 2.75) is 37.9 Å². The Morgan fingerprint density at radius 1 is 1.31 bits per heavy atom. The number of phosphoric ester groups is 1. The van der Waals surface area contributed by atoms with Crippen molar-refractivity contribution in [1.29, 1.82) is 0 Å². The van der Waals surface area contributed by atoms with Crippen molar-refractivity contribution < 1.29 is 38.6 Å². The van der Waals surface area contributed by atoms with Gasteiger partial charge in [-0.2, -0.15) is 4.98 Å². The van der Waals surface area contributed by atoms with Crippen molar-refractivity contribution in [3.05, 3.63) is 16.7 Å². The molecule has 1 fully saturated rings. The van der Waals surface area contributed by atoms with Crippen LogP contribution in [-0.4, -0.2) is 130 Å². The van der Waals surface area contributed by atoms with Crippen LogP contribution in [0.2, 0.25) is 0 Å². The van der Waals surface area contributed by atoms with Gasteiger partial charge in [0.1, 0.15) is 18.3 Å². The summed E-state index contributed by atoms with van der Waals surface area (Å²) in [5.41, 5.74) is -0.531. The fourth-order valence-electron chi connectivity index (χ4n) is 2.63. The minimum Gasteiger partial charge on any atom is -0.465 e. The van der Waals surface area contributed by atoms with Crippen LogP contribution in [-0.2, 0) is 13.8 Å². The van der Waals surface area contributed by atoms with Crippen LogP contribution in [0.3, 0.4) is 0 Å². The van der Waals surface area contributed by atoms with E-state index in [1.807, 2.05) is 6.92 Å². The first-order chi connectivity index (χ1) is 12.7. The number of imidazole rings is 1. The van der Waals surface area contributed by atoms with E-state index in [0.717, 1.165) is 0 Å². The molecule has 0 aliphatic carbocycles. The van der Waals surface area contributed by atoms with Gasteiger partial charge in [-0.05, 0) is 6.42 Å². The first-order valence-corrected chi connectivity index (χ1v) is 9.55. The maximum absolute atomic E-state index is 12.1. The van der Waals surface area contributed by atoms with Crippen molar-refractivity contribution >= 4 is 78.1 Å². The number of aliphatic hydroxyl groups excluding tert-OH is 2. The maximum atomic E-state index is 12.1. The number of fused-ring (bicyclic) bond motifs is 1. The number of aromatic amines is 1. The first kappa shape index (κ1) is 27.2. The van der Waals surface area contributed by atoms with Gasteiger partial charge in [0.15, 0.2) is 17.4 Å². The van der Waals surface area contributed by atoms with Crippen molar-refractivity contribution in [3.63, 3.8) is 0 Å². The fourth-order valence-corrected chi connectivity index (χ4v) is 2.97. The fraction of sp³-hybridized carbons (Fsp3) is 0.615. The molecule has 5 N–H and O–H groups in total. The van der Waals surface area contributed by atoms with E-state index in [0.29, 0.717) is 13.0 Å². The smallest absolute Gasteiger partial charge is 0.465 e. The molecule has 3 heterocycles. The molecule has 0 unspecified atom stereocenters. The molecule has 0 spiro atoms. The third kappa shape index (κ3) is 6.32. The van der Waals surface area contributed by atoms with E-state index in [-0.39, 0.29) is 76.3 Å².